The Bertz CT molecular complexity index is 1650. The van der Waals surface area contributed by atoms with Gasteiger partial charge in [0.25, 0.3) is 0 Å². The highest BCUT2D eigenvalue weighted by Crippen LogP contribution is 2.37. The number of carbonyl (C=O) groups is 1. The van der Waals surface area contributed by atoms with E-state index < -0.39 is 6.04 Å². The lowest BCUT2D eigenvalue weighted by atomic mass is 9.76. The van der Waals surface area contributed by atoms with Gasteiger partial charge in [-0.15, -0.1) is 0 Å². The number of nitrogens with zero attached hydrogens (tertiary/aromatic N) is 2. The maximum Gasteiger partial charge on any atom is 0.228 e. The largest absolute Gasteiger partial charge is 0.394 e. The summed E-state index contributed by atoms with van der Waals surface area (Å²) < 4.78 is 2.26. The number of nitrogens with one attached hydrogen (secondary N) is 1. The third kappa shape index (κ3) is 5.51. The Hall–Kier alpha value is -3.96. The number of hydrogen-bond donors (Lipinski definition) is 2. The van der Waals surface area contributed by atoms with E-state index in [-0.39, 0.29) is 18.4 Å². The lowest BCUT2D eigenvalue weighted by Crippen LogP contribution is -2.38. The second-order valence-corrected chi connectivity index (χ2v) is 11.6. The van der Waals surface area contributed by atoms with Gasteiger partial charge in [-0.3, -0.25) is 9.20 Å². The molecular formula is C36H39N3O2. The second kappa shape index (κ2) is 11.9. The van der Waals surface area contributed by atoms with Crippen LogP contribution in [0.4, 0.5) is 0 Å². The maximum absolute atomic E-state index is 13.9. The van der Waals surface area contributed by atoms with Crippen LogP contribution in [0.3, 0.4) is 0 Å². The Balaban J connectivity index is 1.31. The summed E-state index contributed by atoms with van der Waals surface area (Å²) in [5.74, 6) is 0.0802. The first-order chi connectivity index (χ1) is 20.0. The summed E-state index contributed by atoms with van der Waals surface area (Å²) in [5.41, 5.74) is 8.82. The zero-order chi connectivity index (χ0) is 28.3. The summed E-state index contributed by atoms with van der Waals surface area (Å²) in [6.45, 7) is 4.07. The van der Waals surface area contributed by atoms with Gasteiger partial charge in [0.2, 0.25) is 5.91 Å². The number of carbonyl (C=O) groups excluding carboxylic acids is 1. The number of benzene rings is 3. The molecule has 3 aromatic carbocycles. The number of fused-ring (bicyclic) bond motifs is 3. The quantitative estimate of drug-likeness (QED) is 0.217. The zero-order valence-electron chi connectivity index (χ0n) is 24.0. The van der Waals surface area contributed by atoms with E-state index in [1.165, 1.54) is 34.1 Å². The monoisotopic (exact) mass is 545 g/mol. The predicted molar refractivity (Wildman–Crippen MR) is 165 cm³/mol. The highest BCUT2D eigenvalue weighted by molar-refractivity contribution is 5.91. The molecule has 5 aromatic rings. The molecular weight excluding hydrogens is 506 g/mol. The van der Waals surface area contributed by atoms with Gasteiger partial charge < -0.3 is 10.4 Å². The van der Waals surface area contributed by atoms with Crippen LogP contribution < -0.4 is 5.32 Å². The number of aliphatic hydroxyl groups is 1. The molecule has 2 aromatic heterocycles. The van der Waals surface area contributed by atoms with Crippen molar-refractivity contribution in [1.29, 1.82) is 0 Å². The van der Waals surface area contributed by atoms with Crippen LogP contribution in [0.1, 0.15) is 77.7 Å². The van der Waals surface area contributed by atoms with Crippen molar-refractivity contribution in [3.8, 4) is 0 Å². The summed E-state index contributed by atoms with van der Waals surface area (Å²) in [4.78, 5) is 18.8. The minimum absolute atomic E-state index is 0.00660. The molecule has 2 N–H and O–H groups in total. The molecule has 0 spiro atoms. The number of aryl methyl sites for hydroxylation is 2. The standard InChI is InChI=1S/C36H39N3O2/c1-24-21-25(2)39-33-16-10-9-15-30(33)31(35(39)37-24)22-26-17-19-29(20-18-26)34(28-13-7-4-8-14-28)36(41)38-32(23-40)27-11-5-3-6-12-27/h3,5-6,9-12,15-21,28,32,34,40H,4,7-8,13-14,22-23H2,1-2H3,(H,38,41)/t32-,34?/m0/s1. The van der Waals surface area contributed by atoms with Crippen LogP contribution in [-0.2, 0) is 11.2 Å². The highest BCUT2D eigenvalue weighted by atomic mass is 16.3. The molecule has 6 rings (SSSR count). The molecule has 0 aliphatic heterocycles. The van der Waals surface area contributed by atoms with Crippen molar-refractivity contribution in [2.24, 2.45) is 5.92 Å². The molecule has 5 heteroatoms. The van der Waals surface area contributed by atoms with Crippen LogP contribution in [0, 0.1) is 19.8 Å². The molecule has 1 saturated carbocycles. The number of aromatic nitrogens is 2. The summed E-state index contributed by atoms with van der Waals surface area (Å²) >= 11 is 0. The van der Waals surface area contributed by atoms with Crippen molar-refractivity contribution < 1.29 is 9.90 Å². The lowest BCUT2D eigenvalue weighted by molar-refractivity contribution is -0.125. The van der Waals surface area contributed by atoms with Crippen molar-refractivity contribution in [1.82, 2.24) is 14.7 Å². The smallest absolute Gasteiger partial charge is 0.228 e. The van der Waals surface area contributed by atoms with Gasteiger partial charge in [-0.1, -0.05) is 92.1 Å². The van der Waals surface area contributed by atoms with Gasteiger partial charge in [-0.25, -0.2) is 4.98 Å². The van der Waals surface area contributed by atoms with Crippen LogP contribution in [0.5, 0.6) is 0 Å². The summed E-state index contributed by atoms with van der Waals surface area (Å²) in [5, 5.41) is 14.5. The fraction of sp³-hybridized carbons (Fsp3) is 0.333. The third-order valence-corrected chi connectivity index (χ3v) is 8.83. The van der Waals surface area contributed by atoms with E-state index in [4.69, 9.17) is 4.98 Å². The number of rotatable bonds is 8. The summed E-state index contributed by atoms with van der Waals surface area (Å²) in [7, 11) is 0. The first kappa shape index (κ1) is 27.2. The average molecular weight is 546 g/mol. The fourth-order valence-electron chi connectivity index (χ4n) is 6.84. The van der Waals surface area contributed by atoms with E-state index in [1.807, 2.05) is 30.3 Å². The molecule has 0 bridgehead atoms. The number of amides is 1. The lowest BCUT2D eigenvalue weighted by Gasteiger charge is -2.31. The van der Waals surface area contributed by atoms with Gasteiger partial charge in [0.1, 0.15) is 5.65 Å². The molecule has 1 aliphatic rings. The minimum atomic E-state index is -0.412. The maximum atomic E-state index is 13.9. The van der Waals surface area contributed by atoms with Crippen LogP contribution in [-0.4, -0.2) is 27.0 Å². The molecule has 2 atom stereocenters. The number of aliphatic hydroxyl groups excluding tert-OH is 1. The SMILES string of the molecule is Cc1cc(C)n2c(n1)c(Cc1ccc(C(C(=O)N[C@@H](CO)c3ccccc3)C3CCCCC3)cc1)c1ccccc12. The normalized spacial score (nSPS) is 15.7. The molecule has 1 aliphatic carbocycles. The Kier molecular flexibility index (Phi) is 7.89. The summed E-state index contributed by atoms with van der Waals surface area (Å²) in [6.07, 6.45) is 6.45. The van der Waals surface area contributed by atoms with Gasteiger partial charge >= 0.3 is 0 Å². The molecule has 1 amide bonds. The van der Waals surface area contributed by atoms with Crippen LogP contribution >= 0.6 is 0 Å². The second-order valence-electron chi connectivity index (χ2n) is 11.6. The predicted octanol–water partition coefficient (Wildman–Crippen LogP) is 7.21. The van der Waals surface area contributed by atoms with E-state index in [0.29, 0.717) is 5.92 Å². The van der Waals surface area contributed by atoms with Gasteiger partial charge in [0, 0.05) is 28.8 Å². The molecule has 0 radical (unpaired) electrons. The Morgan fingerprint density at radius 2 is 1.63 bits per heavy atom. The van der Waals surface area contributed by atoms with Gasteiger partial charge in [-0.2, -0.15) is 0 Å². The molecule has 2 heterocycles. The van der Waals surface area contributed by atoms with Crippen molar-refractivity contribution in [2.45, 2.75) is 64.3 Å². The first-order valence-electron chi connectivity index (χ1n) is 14.9. The molecule has 5 nitrogen and oxygen atoms in total. The highest BCUT2D eigenvalue weighted by Gasteiger charge is 2.32. The number of para-hydroxylation sites is 1. The van der Waals surface area contributed by atoms with Crippen LogP contribution in [0.25, 0.3) is 16.6 Å². The topological polar surface area (TPSA) is 66.6 Å². The van der Waals surface area contributed by atoms with E-state index >= 15 is 0 Å². The van der Waals surface area contributed by atoms with E-state index in [9.17, 15) is 9.90 Å². The van der Waals surface area contributed by atoms with Crippen LogP contribution in [0.15, 0.2) is 84.9 Å². The molecule has 0 saturated heterocycles. The average Bonchev–Trinajstić information content (AvgIpc) is 3.31. The summed E-state index contributed by atoms with van der Waals surface area (Å²) in [6, 6.07) is 28.7. The van der Waals surface area contributed by atoms with Crippen molar-refractivity contribution in [2.75, 3.05) is 6.61 Å². The Morgan fingerprint density at radius 3 is 2.37 bits per heavy atom. The van der Waals surface area contributed by atoms with Gasteiger partial charge in [-0.05, 0) is 61.4 Å². The Labute approximate surface area is 242 Å². The van der Waals surface area contributed by atoms with Gasteiger partial charge in [0.05, 0.1) is 24.1 Å². The van der Waals surface area contributed by atoms with E-state index in [0.717, 1.165) is 54.6 Å². The van der Waals surface area contributed by atoms with Crippen molar-refractivity contribution >= 4 is 22.5 Å². The fourth-order valence-corrected chi connectivity index (χ4v) is 6.84. The Morgan fingerprint density at radius 1 is 0.927 bits per heavy atom. The third-order valence-electron chi connectivity index (χ3n) is 8.83. The van der Waals surface area contributed by atoms with Gasteiger partial charge in [0.15, 0.2) is 0 Å². The molecule has 1 unspecified atom stereocenters. The molecule has 1 fully saturated rings. The molecule has 210 valence electrons. The van der Waals surface area contributed by atoms with Crippen molar-refractivity contribution in [3.05, 3.63) is 119 Å². The number of hydrogen-bond acceptors (Lipinski definition) is 3. The zero-order valence-corrected chi connectivity index (χ0v) is 24.0. The van der Waals surface area contributed by atoms with E-state index in [2.05, 4.69) is 78.2 Å². The first-order valence-corrected chi connectivity index (χ1v) is 14.9. The van der Waals surface area contributed by atoms with Crippen molar-refractivity contribution in [3.63, 3.8) is 0 Å². The minimum Gasteiger partial charge on any atom is -0.394 e. The molecule has 41 heavy (non-hydrogen) atoms. The van der Waals surface area contributed by atoms with E-state index in [1.54, 1.807) is 0 Å². The van der Waals surface area contributed by atoms with Crippen LogP contribution in [0.2, 0.25) is 0 Å².